The SMILES string of the molecule is Clc1ccc2c(NNc3ccccc3)c3c(nc2c1)CCC(c1ccccc1)C3. The molecule has 1 heterocycles. The fraction of sp³-hybridized carbons (Fsp3) is 0.160. The topological polar surface area (TPSA) is 37.0 Å². The van der Waals surface area contributed by atoms with Crippen LogP contribution in [0, 0.1) is 0 Å². The van der Waals surface area contributed by atoms with Crippen LogP contribution in [0.1, 0.15) is 29.2 Å². The number of para-hydroxylation sites is 1. The number of aromatic nitrogens is 1. The highest BCUT2D eigenvalue weighted by atomic mass is 35.5. The number of rotatable bonds is 4. The summed E-state index contributed by atoms with van der Waals surface area (Å²) in [6.07, 6.45) is 3.06. The van der Waals surface area contributed by atoms with Crippen molar-refractivity contribution in [3.63, 3.8) is 0 Å². The summed E-state index contributed by atoms with van der Waals surface area (Å²) in [5.41, 5.74) is 13.8. The molecule has 5 rings (SSSR count). The number of nitrogens with zero attached hydrogens (tertiary/aromatic N) is 1. The van der Waals surface area contributed by atoms with Crippen LogP contribution in [0.5, 0.6) is 0 Å². The van der Waals surface area contributed by atoms with Gasteiger partial charge in [0.1, 0.15) is 0 Å². The second kappa shape index (κ2) is 7.76. The molecule has 3 nitrogen and oxygen atoms in total. The third kappa shape index (κ3) is 3.66. The van der Waals surface area contributed by atoms with Crippen LogP contribution in [0.2, 0.25) is 5.02 Å². The number of hydrogen-bond donors (Lipinski definition) is 2. The van der Waals surface area contributed by atoms with Crippen molar-refractivity contribution in [1.29, 1.82) is 0 Å². The lowest BCUT2D eigenvalue weighted by Crippen LogP contribution is -2.19. The van der Waals surface area contributed by atoms with Gasteiger partial charge in [-0.3, -0.25) is 10.4 Å². The Morgan fingerprint density at radius 1 is 0.862 bits per heavy atom. The number of nitrogens with one attached hydrogen (secondary N) is 2. The van der Waals surface area contributed by atoms with Gasteiger partial charge in [-0.2, -0.15) is 0 Å². The second-order valence-electron chi connectivity index (χ2n) is 7.54. The van der Waals surface area contributed by atoms with Gasteiger partial charge < -0.3 is 5.43 Å². The molecule has 0 saturated carbocycles. The van der Waals surface area contributed by atoms with E-state index in [2.05, 4.69) is 47.2 Å². The van der Waals surface area contributed by atoms with Crippen molar-refractivity contribution in [3.05, 3.63) is 101 Å². The van der Waals surface area contributed by atoms with E-state index in [1.165, 1.54) is 16.8 Å². The highest BCUT2D eigenvalue weighted by Gasteiger charge is 2.25. The van der Waals surface area contributed by atoms with Gasteiger partial charge in [-0.25, -0.2) is 0 Å². The van der Waals surface area contributed by atoms with Crippen molar-refractivity contribution < 1.29 is 0 Å². The first-order chi connectivity index (χ1) is 14.3. The van der Waals surface area contributed by atoms with Gasteiger partial charge in [0, 0.05) is 16.1 Å². The van der Waals surface area contributed by atoms with Crippen LogP contribution >= 0.6 is 11.6 Å². The quantitative estimate of drug-likeness (QED) is 0.379. The molecule has 0 bridgehead atoms. The Labute approximate surface area is 175 Å². The average molecular weight is 400 g/mol. The Balaban J connectivity index is 1.57. The maximum atomic E-state index is 6.25. The molecule has 0 spiro atoms. The molecule has 0 fully saturated rings. The number of anilines is 2. The molecule has 4 heteroatoms. The van der Waals surface area contributed by atoms with Crippen LogP contribution in [0.3, 0.4) is 0 Å². The number of hydrogen-bond acceptors (Lipinski definition) is 3. The first kappa shape index (κ1) is 18.0. The first-order valence-corrected chi connectivity index (χ1v) is 10.4. The number of benzene rings is 3. The molecule has 0 radical (unpaired) electrons. The van der Waals surface area contributed by atoms with Gasteiger partial charge in [-0.1, -0.05) is 60.1 Å². The fourth-order valence-electron chi connectivity index (χ4n) is 4.22. The number of hydrazine groups is 1. The van der Waals surface area contributed by atoms with Crippen molar-refractivity contribution in [1.82, 2.24) is 4.98 Å². The van der Waals surface area contributed by atoms with E-state index in [9.17, 15) is 0 Å². The molecular weight excluding hydrogens is 378 g/mol. The Morgan fingerprint density at radius 2 is 1.62 bits per heavy atom. The molecule has 0 aliphatic heterocycles. The maximum Gasteiger partial charge on any atom is 0.0741 e. The monoisotopic (exact) mass is 399 g/mol. The molecule has 2 N–H and O–H groups in total. The summed E-state index contributed by atoms with van der Waals surface area (Å²) in [7, 11) is 0. The molecule has 0 amide bonds. The Morgan fingerprint density at radius 3 is 2.41 bits per heavy atom. The van der Waals surface area contributed by atoms with E-state index in [0.717, 1.165) is 41.5 Å². The van der Waals surface area contributed by atoms with Crippen molar-refractivity contribution in [2.24, 2.45) is 0 Å². The van der Waals surface area contributed by atoms with Gasteiger partial charge in [-0.15, -0.1) is 0 Å². The zero-order valence-electron chi connectivity index (χ0n) is 16.0. The van der Waals surface area contributed by atoms with Crippen molar-refractivity contribution in [2.45, 2.75) is 25.2 Å². The highest BCUT2D eigenvalue weighted by Crippen LogP contribution is 2.39. The van der Waals surface area contributed by atoms with E-state index in [1.807, 2.05) is 42.5 Å². The van der Waals surface area contributed by atoms with Crippen molar-refractivity contribution in [3.8, 4) is 0 Å². The predicted octanol–water partition coefficient (Wildman–Crippen LogP) is 6.60. The summed E-state index contributed by atoms with van der Waals surface area (Å²) in [6.45, 7) is 0. The van der Waals surface area contributed by atoms with Gasteiger partial charge in [0.05, 0.1) is 16.9 Å². The molecule has 1 unspecified atom stereocenters. The molecule has 1 aromatic heterocycles. The zero-order valence-corrected chi connectivity index (χ0v) is 16.8. The van der Waals surface area contributed by atoms with Gasteiger partial charge >= 0.3 is 0 Å². The lowest BCUT2D eigenvalue weighted by atomic mass is 9.81. The van der Waals surface area contributed by atoms with Gasteiger partial charge in [0.2, 0.25) is 0 Å². The van der Waals surface area contributed by atoms with Crippen molar-refractivity contribution >= 4 is 33.9 Å². The molecule has 1 atom stereocenters. The van der Waals surface area contributed by atoms with Crippen LogP contribution in [0.15, 0.2) is 78.9 Å². The average Bonchev–Trinajstić information content (AvgIpc) is 2.77. The Bertz CT molecular complexity index is 1140. The van der Waals surface area contributed by atoms with E-state index in [0.29, 0.717) is 10.9 Å². The minimum atomic E-state index is 0.507. The van der Waals surface area contributed by atoms with Crippen LogP contribution in [0.4, 0.5) is 11.4 Å². The normalized spacial score (nSPS) is 15.7. The Hall–Kier alpha value is -3.04. The standard InChI is InChI=1S/C25H22ClN3/c26-19-12-13-21-24(16-19)27-23-14-11-18(17-7-3-1-4-8-17)15-22(23)25(21)29-28-20-9-5-2-6-10-20/h1-10,12-13,16,18,28H,11,14-15H2,(H,27,29). The number of aryl methyl sites for hydroxylation is 1. The van der Waals surface area contributed by atoms with Crippen LogP contribution < -0.4 is 10.9 Å². The lowest BCUT2D eigenvalue weighted by Gasteiger charge is -2.28. The zero-order chi connectivity index (χ0) is 19.6. The van der Waals surface area contributed by atoms with E-state index in [4.69, 9.17) is 16.6 Å². The molecule has 29 heavy (non-hydrogen) atoms. The van der Waals surface area contributed by atoms with Crippen LogP contribution in [-0.2, 0) is 12.8 Å². The van der Waals surface area contributed by atoms with Gasteiger partial charge in [-0.05, 0) is 66.6 Å². The molecular formula is C25H22ClN3. The second-order valence-corrected chi connectivity index (χ2v) is 7.98. The predicted molar refractivity (Wildman–Crippen MR) is 122 cm³/mol. The molecule has 144 valence electrons. The van der Waals surface area contributed by atoms with Gasteiger partial charge in [0.25, 0.3) is 0 Å². The fourth-order valence-corrected chi connectivity index (χ4v) is 4.39. The maximum absolute atomic E-state index is 6.25. The largest absolute Gasteiger partial charge is 0.301 e. The molecule has 0 saturated heterocycles. The summed E-state index contributed by atoms with van der Waals surface area (Å²) in [5, 5.41) is 1.80. The minimum Gasteiger partial charge on any atom is -0.301 e. The van der Waals surface area contributed by atoms with E-state index < -0.39 is 0 Å². The third-order valence-electron chi connectivity index (χ3n) is 5.69. The summed E-state index contributed by atoms with van der Waals surface area (Å²) in [4.78, 5) is 4.97. The van der Waals surface area contributed by atoms with E-state index in [-0.39, 0.29) is 0 Å². The number of halogens is 1. The summed E-state index contributed by atoms with van der Waals surface area (Å²) >= 11 is 6.25. The summed E-state index contributed by atoms with van der Waals surface area (Å²) in [5.74, 6) is 0.507. The Kier molecular flexibility index (Phi) is 4.82. The number of fused-ring (bicyclic) bond motifs is 2. The third-order valence-corrected chi connectivity index (χ3v) is 5.93. The van der Waals surface area contributed by atoms with Crippen LogP contribution in [-0.4, -0.2) is 4.98 Å². The smallest absolute Gasteiger partial charge is 0.0741 e. The molecule has 1 aliphatic rings. The summed E-state index contributed by atoms with van der Waals surface area (Å²) in [6, 6.07) is 26.9. The molecule has 3 aromatic carbocycles. The lowest BCUT2D eigenvalue weighted by molar-refractivity contribution is 0.577. The van der Waals surface area contributed by atoms with Crippen molar-refractivity contribution in [2.75, 3.05) is 10.9 Å². The summed E-state index contributed by atoms with van der Waals surface area (Å²) < 4.78 is 0. The number of pyridine rings is 1. The minimum absolute atomic E-state index is 0.507. The molecule has 1 aliphatic carbocycles. The van der Waals surface area contributed by atoms with Gasteiger partial charge in [0.15, 0.2) is 0 Å². The highest BCUT2D eigenvalue weighted by molar-refractivity contribution is 6.31. The molecule has 4 aromatic rings. The van der Waals surface area contributed by atoms with E-state index in [1.54, 1.807) is 0 Å². The van der Waals surface area contributed by atoms with Crippen LogP contribution in [0.25, 0.3) is 10.9 Å². The van der Waals surface area contributed by atoms with E-state index >= 15 is 0 Å². The first-order valence-electron chi connectivity index (χ1n) is 10.0.